The van der Waals surface area contributed by atoms with Crippen LogP contribution in [0.15, 0.2) is 72.8 Å². The molecule has 3 aromatic rings. The molecule has 43 heavy (non-hydrogen) atoms. The lowest BCUT2D eigenvalue weighted by Crippen LogP contribution is -2.56. The molecule has 11 heteroatoms. The number of carbonyl (C=O) groups excluding carboxylic acids is 2. The molecular weight excluding hydrogens is 571 g/mol. The molecule has 1 heterocycles. The van der Waals surface area contributed by atoms with Gasteiger partial charge in [-0.15, -0.1) is 0 Å². The fraction of sp³-hybridized carbons (Fsp3) is 0.375. The average molecular weight is 609 g/mol. The number of hydrogen-bond acceptors (Lipinski definition) is 6. The highest BCUT2D eigenvalue weighted by Gasteiger charge is 2.38. The Kier molecular flexibility index (Phi) is 9.43. The molecule has 5 rings (SSSR count). The van der Waals surface area contributed by atoms with Crippen LogP contribution in [0.25, 0.3) is 11.1 Å². The van der Waals surface area contributed by atoms with Crippen LogP contribution in [-0.2, 0) is 14.8 Å². The van der Waals surface area contributed by atoms with Crippen molar-refractivity contribution in [2.75, 3.05) is 46.1 Å². The van der Waals surface area contributed by atoms with E-state index in [0.29, 0.717) is 18.5 Å². The molecule has 3 aromatic carbocycles. The maximum atomic E-state index is 13.6. The molecule has 0 aromatic heterocycles. The van der Waals surface area contributed by atoms with E-state index in [4.69, 9.17) is 4.74 Å². The van der Waals surface area contributed by atoms with Crippen molar-refractivity contribution in [3.05, 3.63) is 89.7 Å². The molecule has 2 aliphatic rings. The number of benzene rings is 3. The number of rotatable bonds is 11. The minimum absolute atomic E-state index is 0.220. The zero-order chi connectivity index (χ0) is 30.6. The molecular formula is C32H37FN4O5S. The number of carbonyl (C=O) groups is 2. The Morgan fingerprint density at radius 1 is 0.930 bits per heavy atom. The van der Waals surface area contributed by atoms with Gasteiger partial charge < -0.3 is 20.3 Å². The number of hydrogen-bond donors (Lipinski definition) is 2. The van der Waals surface area contributed by atoms with Crippen molar-refractivity contribution in [2.24, 2.45) is 0 Å². The second-order valence-corrected chi connectivity index (χ2v) is 13.0. The molecule has 9 nitrogen and oxygen atoms in total. The van der Waals surface area contributed by atoms with Crippen LogP contribution < -0.4 is 15.4 Å². The second kappa shape index (κ2) is 13.2. The molecule has 0 radical (unpaired) electrons. The number of halogens is 1. The van der Waals surface area contributed by atoms with E-state index in [1.165, 1.54) is 16.4 Å². The van der Waals surface area contributed by atoms with Crippen LogP contribution in [-0.4, -0.2) is 87.6 Å². The monoisotopic (exact) mass is 608 g/mol. The third kappa shape index (κ3) is 7.78. The lowest BCUT2D eigenvalue weighted by Gasteiger charge is -2.35. The summed E-state index contributed by atoms with van der Waals surface area (Å²) in [4.78, 5) is 28.5. The van der Waals surface area contributed by atoms with Crippen molar-refractivity contribution in [3.8, 4) is 16.9 Å². The summed E-state index contributed by atoms with van der Waals surface area (Å²) in [6.45, 7) is 1.46. The molecule has 2 N–H and O–H groups in total. The topological polar surface area (TPSA) is 108 Å². The molecule has 1 saturated carbocycles. The third-order valence-electron chi connectivity index (χ3n) is 8.12. The van der Waals surface area contributed by atoms with Crippen molar-refractivity contribution in [1.29, 1.82) is 0 Å². The number of sulfonamides is 1. The van der Waals surface area contributed by atoms with Gasteiger partial charge in [-0.1, -0.05) is 36.4 Å². The van der Waals surface area contributed by atoms with Crippen LogP contribution in [0.2, 0.25) is 0 Å². The average Bonchev–Trinajstić information content (AvgIpc) is 3.79. The Balaban J connectivity index is 1.22. The lowest BCUT2D eigenvalue weighted by atomic mass is 10.0. The summed E-state index contributed by atoms with van der Waals surface area (Å²) >= 11 is 0. The molecule has 2 fully saturated rings. The Morgan fingerprint density at radius 3 is 2.12 bits per heavy atom. The largest absolute Gasteiger partial charge is 0.497 e. The molecule has 228 valence electrons. The first-order chi connectivity index (χ1) is 20.6. The minimum Gasteiger partial charge on any atom is -0.497 e. The van der Waals surface area contributed by atoms with Crippen LogP contribution in [0, 0.1) is 5.82 Å². The first-order valence-corrected chi connectivity index (χ1v) is 16.3. The molecule has 0 spiro atoms. The predicted octanol–water partition coefficient (Wildman–Crippen LogP) is 3.24. The van der Waals surface area contributed by atoms with Crippen molar-refractivity contribution in [3.63, 3.8) is 0 Å². The van der Waals surface area contributed by atoms with Gasteiger partial charge in [-0.05, 0) is 72.5 Å². The molecule has 0 bridgehead atoms. The molecule has 3 atom stereocenters. The van der Waals surface area contributed by atoms with Gasteiger partial charge in [-0.2, -0.15) is 4.31 Å². The number of methoxy groups -OCH3 is 1. The van der Waals surface area contributed by atoms with E-state index in [1.807, 2.05) is 36.4 Å². The van der Waals surface area contributed by atoms with E-state index >= 15 is 0 Å². The van der Waals surface area contributed by atoms with E-state index < -0.39 is 16.1 Å². The quantitative estimate of drug-likeness (QED) is 0.346. The van der Waals surface area contributed by atoms with Crippen molar-refractivity contribution in [2.45, 2.75) is 30.8 Å². The zero-order valence-corrected chi connectivity index (χ0v) is 25.1. The van der Waals surface area contributed by atoms with Crippen molar-refractivity contribution in [1.82, 2.24) is 19.8 Å². The SMILES string of the molecule is COc1ccc(-c2ccc(C(=O)N[C@@H](CCN[C@@H]3C[C@H]3c3ccc(F)cc3)C(=O)N3CCN(S(C)(=O)=O)CC3)cc2)cc1. The van der Waals surface area contributed by atoms with Gasteiger partial charge in [0.2, 0.25) is 15.9 Å². The Morgan fingerprint density at radius 2 is 1.53 bits per heavy atom. The van der Waals surface area contributed by atoms with Crippen LogP contribution >= 0.6 is 0 Å². The summed E-state index contributed by atoms with van der Waals surface area (Å²) < 4.78 is 43.7. The van der Waals surface area contributed by atoms with Crippen molar-refractivity contribution < 1.29 is 27.1 Å². The molecule has 0 unspecified atom stereocenters. The second-order valence-electron chi connectivity index (χ2n) is 11.1. The Bertz CT molecular complexity index is 1520. The van der Waals surface area contributed by atoms with E-state index in [2.05, 4.69) is 10.6 Å². The van der Waals surface area contributed by atoms with Crippen LogP contribution in [0.4, 0.5) is 4.39 Å². The standard InChI is InChI=1S/C32H37FN4O5S/c1-42-27-13-9-23(10-14-27)22-3-5-25(6-4-22)31(38)35-29(32(39)36-17-19-37(20-18-36)43(2,40)41)15-16-34-30-21-28(30)24-7-11-26(33)12-8-24/h3-14,28-30,34H,15-21H2,1-2H3,(H,35,38)/t28-,29-,30+/m0/s1. The predicted molar refractivity (Wildman–Crippen MR) is 163 cm³/mol. The highest BCUT2D eigenvalue weighted by atomic mass is 32.2. The van der Waals surface area contributed by atoms with Gasteiger partial charge in [0.25, 0.3) is 5.91 Å². The van der Waals surface area contributed by atoms with Gasteiger partial charge >= 0.3 is 0 Å². The number of nitrogens with zero attached hydrogens (tertiary/aromatic N) is 2. The third-order valence-corrected chi connectivity index (χ3v) is 9.42. The van der Waals surface area contributed by atoms with Gasteiger partial charge in [0.15, 0.2) is 0 Å². The first-order valence-electron chi connectivity index (χ1n) is 14.4. The number of amides is 2. The Hall–Kier alpha value is -3.80. The normalized spacial score (nSPS) is 19.5. The molecule has 1 aliphatic carbocycles. The zero-order valence-electron chi connectivity index (χ0n) is 24.3. The van der Waals surface area contributed by atoms with Crippen molar-refractivity contribution >= 4 is 21.8 Å². The first kappa shape index (κ1) is 30.7. The van der Waals surface area contributed by atoms with E-state index in [1.54, 1.807) is 36.3 Å². The summed E-state index contributed by atoms with van der Waals surface area (Å²) in [5, 5.41) is 6.40. The number of piperazine rings is 1. The van der Waals surface area contributed by atoms with Gasteiger partial charge in [0.05, 0.1) is 13.4 Å². The molecule has 1 saturated heterocycles. The molecule has 2 amide bonds. The maximum absolute atomic E-state index is 13.6. The van der Waals surface area contributed by atoms with Crippen LogP contribution in [0.5, 0.6) is 5.75 Å². The van der Waals surface area contributed by atoms with Crippen LogP contribution in [0.3, 0.4) is 0 Å². The van der Waals surface area contributed by atoms with Gasteiger partial charge in [-0.3, -0.25) is 9.59 Å². The van der Waals surface area contributed by atoms with Crippen LogP contribution in [0.1, 0.15) is 34.7 Å². The van der Waals surface area contributed by atoms with E-state index in [9.17, 15) is 22.4 Å². The number of nitrogens with one attached hydrogen (secondary N) is 2. The summed E-state index contributed by atoms with van der Waals surface area (Å²) in [5.41, 5.74) is 3.43. The summed E-state index contributed by atoms with van der Waals surface area (Å²) in [6, 6.07) is 20.8. The lowest BCUT2D eigenvalue weighted by molar-refractivity contribution is -0.134. The van der Waals surface area contributed by atoms with E-state index in [0.717, 1.165) is 35.1 Å². The summed E-state index contributed by atoms with van der Waals surface area (Å²) in [6.07, 6.45) is 2.45. The summed E-state index contributed by atoms with van der Waals surface area (Å²) in [5.74, 6) is 0.195. The highest BCUT2D eigenvalue weighted by molar-refractivity contribution is 7.88. The van der Waals surface area contributed by atoms with Gasteiger partial charge in [0, 0.05) is 43.7 Å². The Labute approximate surface area is 252 Å². The minimum atomic E-state index is -3.34. The summed E-state index contributed by atoms with van der Waals surface area (Å²) in [7, 11) is -1.72. The smallest absolute Gasteiger partial charge is 0.251 e. The maximum Gasteiger partial charge on any atom is 0.251 e. The van der Waals surface area contributed by atoms with E-state index in [-0.39, 0.29) is 55.8 Å². The van der Waals surface area contributed by atoms with Gasteiger partial charge in [0.1, 0.15) is 17.6 Å². The molecule has 1 aliphatic heterocycles. The number of ether oxygens (including phenoxy) is 1. The highest BCUT2D eigenvalue weighted by Crippen LogP contribution is 2.40. The van der Waals surface area contributed by atoms with Gasteiger partial charge in [-0.25, -0.2) is 12.8 Å². The fourth-order valence-corrected chi connectivity index (χ4v) is 6.30. The fourth-order valence-electron chi connectivity index (χ4n) is 5.47.